The van der Waals surface area contributed by atoms with Crippen LogP contribution >= 0.6 is 24.0 Å². The van der Waals surface area contributed by atoms with Crippen LogP contribution in [0.15, 0.2) is 47.5 Å². The molecule has 6 nitrogen and oxygen atoms in total. The maximum atomic E-state index is 5.40. The van der Waals surface area contributed by atoms with Crippen LogP contribution in [0.4, 0.5) is 0 Å². The zero-order valence-corrected chi connectivity index (χ0v) is 22.0. The number of nitrogens with zero attached hydrogens (tertiary/aromatic N) is 2. The van der Waals surface area contributed by atoms with Gasteiger partial charge in [-0.3, -0.25) is 9.89 Å². The van der Waals surface area contributed by atoms with Crippen molar-refractivity contribution in [2.45, 2.75) is 51.9 Å². The molecule has 3 rings (SSSR count). The van der Waals surface area contributed by atoms with E-state index in [9.17, 15) is 0 Å². The zero-order chi connectivity index (χ0) is 22.1. The van der Waals surface area contributed by atoms with Gasteiger partial charge in [0, 0.05) is 32.7 Å². The van der Waals surface area contributed by atoms with Gasteiger partial charge in [-0.15, -0.1) is 24.0 Å². The van der Waals surface area contributed by atoms with Gasteiger partial charge in [0.05, 0.1) is 14.2 Å². The molecule has 0 saturated carbocycles. The summed E-state index contributed by atoms with van der Waals surface area (Å²) in [7, 11) is 5.09. The lowest BCUT2D eigenvalue weighted by molar-refractivity contribution is 0.152. The molecule has 2 N–H and O–H groups in total. The summed E-state index contributed by atoms with van der Waals surface area (Å²) >= 11 is 0. The molecule has 1 atom stereocenters. The van der Waals surface area contributed by atoms with Gasteiger partial charge in [-0.1, -0.05) is 36.8 Å². The van der Waals surface area contributed by atoms with Crippen LogP contribution in [-0.2, 0) is 19.6 Å². The van der Waals surface area contributed by atoms with E-state index >= 15 is 0 Å². The minimum Gasteiger partial charge on any atom is -0.493 e. The third-order valence-corrected chi connectivity index (χ3v) is 6.01. The van der Waals surface area contributed by atoms with E-state index in [0.29, 0.717) is 12.6 Å². The van der Waals surface area contributed by atoms with Gasteiger partial charge in [-0.25, -0.2) is 0 Å². The van der Waals surface area contributed by atoms with Gasteiger partial charge in [-0.05, 0) is 55.1 Å². The first-order valence-electron chi connectivity index (χ1n) is 11.1. The van der Waals surface area contributed by atoms with E-state index in [0.717, 1.165) is 36.1 Å². The Hall–Kier alpha value is -2.00. The normalized spacial score (nSPS) is 16.8. The highest BCUT2D eigenvalue weighted by molar-refractivity contribution is 14.0. The lowest BCUT2D eigenvalue weighted by atomic mass is 10.0. The van der Waals surface area contributed by atoms with Crippen molar-refractivity contribution in [2.24, 2.45) is 4.99 Å². The largest absolute Gasteiger partial charge is 0.493 e. The number of rotatable bonds is 8. The second-order valence-electron chi connectivity index (χ2n) is 8.05. The van der Waals surface area contributed by atoms with E-state index in [1.807, 2.05) is 18.2 Å². The van der Waals surface area contributed by atoms with Crippen LogP contribution in [0.5, 0.6) is 11.5 Å². The fraction of sp³-hybridized carbons (Fsp3) is 0.480. The molecule has 0 radical (unpaired) electrons. The van der Waals surface area contributed by atoms with E-state index in [4.69, 9.17) is 9.47 Å². The van der Waals surface area contributed by atoms with Gasteiger partial charge in [0.15, 0.2) is 17.5 Å². The summed E-state index contributed by atoms with van der Waals surface area (Å²) in [5, 5.41) is 6.85. The molecule has 32 heavy (non-hydrogen) atoms. The molecule has 0 amide bonds. The number of hydrogen-bond acceptors (Lipinski definition) is 4. The van der Waals surface area contributed by atoms with Crippen LogP contribution < -0.4 is 20.1 Å². The molecule has 1 aliphatic rings. The SMILES string of the molecule is CN=C(NCc1ccc(OC)c(OC)c1)NCc1ccccc1CN1CCCCC1C.I. The number of guanidine groups is 1. The Kier molecular flexibility index (Phi) is 11.1. The van der Waals surface area contributed by atoms with Gasteiger partial charge in [0.25, 0.3) is 0 Å². The third kappa shape index (κ3) is 7.27. The molecule has 0 aromatic heterocycles. The topological polar surface area (TPSA) is 58.1 Å². The van der Waals surface area contributed by atoms with Crippen molar-refractivity contribution < 1.29 is 9.47 Å². The smallest absolute Gasteiger partial charge is 0.191 e. The van der Waals surface area contributed by atoms with Gasteiger partial charge in [-0.2, -0.15) is 0 Å². The molecular formula is C25H37IN4O2. The number of methoxy groups -OCH3 is 2. The summed E-state index contributed by atoms with van der Waals surface area (Å²) in [6.07, 6.45) is 3.95. The molecule has 1 aliphatic heterocycles. The average Bonchev–Trinajstić information content (AvgIpc) is 2.81. The van der Waals surface area contributed by atoms with Gasteiger partial charge >= 0.3 is 0 Å². The molecule has 1 fully saturated rings. The lowest BCUT2D eigenvalue weighted by Crippen LogP contribution is -2.38. The molecular weight excluding hydrogens is 515 g/mol. The predicted molar refractivity (Wildman–Crippen MR) is 142 cm³/mol. The molecule has 1 heterocycles. The van der Waals surface area contributed by atoms with E-state index in [-0.39, 0.29) is 24.0 Å². The van der Waals surface area contributed by atoms with Crippen LogP contribution in [0, 0.1) is 0 Å². The van der Waals surface area contributed by atoms with Crippen LogP contribution in [0.3, 0.4) is 0 Å². The summed E-state index contributed by atoms with van der Waals surface area (Å²) in [4.78, 5) is 6.98. The average molecular weight is 553 g/mol. The van der Waals surface area contributed by atoms with Gasteiger partial charge < -0.3 is 20.1 Å². The van der Waals surface area contributed by atoms with Crippen LogP contribution in [0.25, 0.3) is 0 Å². The first kappa shape index (κ1) is 26.3. The second kappa shape index (κ2) is 13.5. The Morgan fingerprint density at radius 1 is 1.00 bits per heavy atom. The molecule has 0 aliphatic carbocycles. The summed E-state index contributed by atoms with van der Waals surface area (Å²) in [6, 6.07) is 15.3. The number of aliphatic imine (C=N–C) groups is 1. The second-order valence-corrected chi connectivity index (χ2v) is 8.05. The molecule has 1 saturated heterocycles. The number of likely N-dealkylation sites (tertiary alicyclic amines) is 1. The minimum atomic E-state index is 0. The van der Waals surface area contributed by atoms with Crippen LogP contribution in [-0.4, -0.2) is 44.7 Å². The molecule has 2 aromatic rings. The number of ether oxygens (including phenoxy) is 2. The Bertz CT molecular complexity index is 875. The highest BCUT2D eigenvalue weighted by Gasteiger charge is 2.19. The van der Waals surface area contributed by atoms with Crippen LogP contribution in [0.1, 0.15) is 42.9 Å². The number of halogens is 1. The lowest BCUT2D eigenvalue weighted by Gasteiger charge is -2.33. The Morgan fingerprint density at radius 3 is 2.41 bits per heavy atom. The fourth-order valence-electron chi connectivity index (χ4n) is 4.07. The molecule has 1 unspecified atom stereocenters. The zero-order valence-electron chi connectivity index (χ0n) is 19.7. The first-order chi connectivity index (χ1) is 15.1. The standard InChI is InChI=1S/C25H36N4O2.HI/c1-19-9-7-8-14-29(19)18-22-11-6-5-10-21(22)17-28-25(26-2)27-16-20-12-13-23(30-3)24(15-20)31-4;/h5-6,10-13,15,19H,7-9,14,16-18H2,1-4H3,(H2,26,27,28);1H. The highest BCUT2D eigenvalue weighted by atomic mass is 127. The number of piperidine rings is 1. The third-order valence-electron chi connectivity index (χ3n) is 6.01. The summed E-state index contributed by atoms with van der Waals surface area (Å²) in [6.45, 7) is 5.94. The van der Waals surface area contributed by atoms with Crippen molar-refractivity contribution in [3.8, 4) is 11.5 Å². The Labute approximate surface area is 209 Å². The van der Waals surface area contributed by atoms with E-state index in [1.54, 1.807) is 21.3 Å². The highest BCUT2D eigenvalue weighted by Crippen LogP contribution is 2.27. The summed E-state index contributed by atoms with van der Waals surface area (Å²) in [5.74, 6) is 2.23. The van der Waals surface area contributed by atoms with Crippen LogP contribution in [0.2, 0.25) is 0 Å². The fourth-order valence-corrected chi connectivity index (χ4v) is 4.07. The maximum absolute atomic E-state index is 5.40. The molecule has 0 spiro atoms. The van der Waals surface area contributed by atoms with Crippen molar-refractivity contribution in [3.63, 3.8) is 0 Å². The molecule has 7 heteroatoms. The molecule has 176 valence electrons. The molecule has 0 bridgehead atoms. The van der Waals surface area contributed by atoms with Crippen molar-refractivity contribution in [2.75, 3.05) is 27.8 Å². The van der Waals surface area contributed by atoms with Crippen molar-refractivity contribution in [1.29, 1.82) is 0 Å². The maximum Gasteiger partial charge on any atom is 0.191 e. The predicted octanol–water partition coefficient (Wildman–Crippen LogP) is 4.56. The Balaban J connectivity index is 0.00000363. The Morgan fingerprint density at radius 2 is 1.72 bits per heavy atom. The van der Waals surface area contributed by atoms with E-state index < -0.39 is 0 Å². The summed E-state index contributed by atoms with van der Waals surface area (Å²) in [5.41, 5.74) is 3.80. The monoisotopic (exact) mass is 552 g/mol. The number of hydrogen-bond donors (Lipinski definition) is 2. The van der Waals surface area contributed by atoms with E-state index in [1.165, 1.54) is 36.9 Å². The van der Waals surface area contributed by atoms with Crippen molar-refractivity contribution >= 4 is 29.9 Å². The molecule has 2 aromatic carbocycles. The van der Waals surface area contributed by atoms with E-state index in [2.05, 4.69) is 51.7 Å². The number of benzene rings is 2. The van der Waals surface area contributed by atoms with Gasteiger partial charge in [0.1, 0.15) is 0 Å². The first-order valence-corrected chi connectivity index (χ1v) is 11.1. The van der Waals surface area contributed by atoms with Crippen molar-refractivity contribution in [3.05, 3.63) is 59.2 Å². The quantitative estimate of drug-likeness (QED) is 0.286. The van der Waals surface area contributed by atoms with Gasteiger partial charge in [0.2, 0.25) is 0 Å². The number of nitrogens with one attached hydrogen (secondary N) is 2. The summed E-state index contributed by atoms with van der Waals surface area (Å²) < 4.78 is 10.7. The van der Waals surface area contributed by atoms with Crippen molar-refractivity contribution in [1.82, 2.24) is 15.5 Å². The minimum absolute atomic E-state index is 0.